The van der Waals surface area contributed by atoms with E-state index in [1.807, 2.05) is 23.1 Å². The Kier molecular flexibility index (Phi) is 6.66. The van der Waals surface area contributed by atoms with Gasteiger partial charge in [0.2, 0.25) is 11.8 Å². The van der Waals surface area contributed by atoms with Gasteiger partial charge in [-0.3, -0.25) is 9.59 Å². The second-order valence-electron chi connectivity index (χ2n) is 9.76. The lowest BCUT2D eigenvalue weighted by molar-refractivity contribution is -0.129. The molecule has 170 valence electrons. The van der Waals surface area contributed by atoms with Gasteiger partial charge in [-0.2, -0.15) is 0 Å². The van der Waals surface area contributed by atoms with E-state index in [-0.39, 0.29) is 29.2 Å². The van der Waals surface area contributed by atoms with E-state index in [0.29, 0.717) is 13.1 Å². The topological polar surface area (TPSA) is 52.7 Å². The van der Waals surface area contributed by atoms with Crippen molar-refractivity contribution in [1.29, 1.82) is 0 Å². The second-order valence-corrected chi connectivity index (χ2v) is 9.76. The normalized spacial score (nSPS) is 22.3. The quantitative estimate of drug-likeness (QED) is 0.752. The van der Waals surface area contributed by atoms with Crippen LogP contribution in [0.15, 0.2) is 54.6 Å². The van der Waals surface area contributed by atoms with Gasteiger partial charge in [-0.05, 0) is 43.6 Å². The number of nitrogens with zero attached hydrogens (tertiary/aromatic N) is 2. The van der Waals surface area contributed by atoms with Gasteiger partial charge in [-0.1, -0.05) is 67.4 Å². The van der Waals surface area contributed by atoms with Crippen LogP contribution in [0.4, 0.5) is 0 Å². The molecule has 2 fully saturated rings. The van der Waals surface area contributed by atoms with Crippen LogP contribution >= 0.6 is 0 Å². The molecule has 32 heavy (non-hydrogen) atoms. The summed E-state index contributed by atoms with van der Waals surface area (Å²) in [5.74, 6) is -0.124. The molecule has 2 aromatic rings. The molecular weight excluding hydrogens is 398 g/mol. The Morgan fingerprint density at radius 3 is 2.41 bits per heavy atom. The molecule has 1 N–H and O–H groups in total. The van der Waals surface area contributed by atoms with Crippen molar-refractivity contribution in [3.05, 3.63) is 71.3 Å². The molecular formula is C27H35N3O2. The zero-order valence-electron chi connectivity index (χ0n) is 19.5. The largest absolute Gasteiger partial charge is 0.346 e. The third-order valence-electron chi connectivity index (χ3n) is 7.13. The number of hydrogen-bond donors (Lipinski definition) is 1. The lowest BCUT2D eigenvalue weighted by Gasteiger charge is -2.33. The highest BCUT2D eigenvalue weighted by molar-refractivity contribution is 5.83. The molecule has 2 aliphatic rings. The van der Waals surface area contributed by atoms with Gasteiger partial charge in [0.1, 0.15) is 0 Å². The molecule has 2 amide bonds. The first-order chi connectivity index (χ1) is 15.4. The molecule has 1 aliphatic carbocycles. The highest BCUT2D eigenvalue weighted by Crippen LogP contribution is 2.40. The first-order valence-corrected chi connectivity index (χ1v) is 11.7. The van der Waals surface area contributed by atoms with Crippen LogP contribution in [-0.4, -0.2) is 48.8 Å². The molecule has 1 saturated heterocycles. The van der Waals surface area contributed by atoms with Crippen LogP contribution < -0.4 is 5.32 Å². The van der Waals surface area contributed by atoms with E-state index < -0.39 is 0 Å². The number of likely N-dealkylation sites (tertiary alicyclic amines) is 1. The van der Waals surface area contributed by atoms with E-state index in [1.54, 1.807) is 6.92 Å². The third-order valence-corrected chi connectivity index (χ3v) is 7.13. The maximum atomic E-state index is 13.7. The number of hydrogen-bond acceptors (Lipinski definition) is 3. The predicted octanol–water partition coefficient (Wildman–Crippen LogP) is 3.90. The summed E-state index contributed by atoms with van der Waals surface area (Å²) < 4.78 is 0. The molecule has 1 aliphatic heterocycles. The van der Waals surface area contributed by atoms with Gasteiger partial charge >= 0.3 is 0 Å². The van der Waals surface area contributed by atoms with Crippen molar-refractivity contribution >= 4 is 11.8 Å². The van der Waals surface area contributed by atoms with Crippen LogP contribution in [0.3, 0.4) is 0 Å². The monoisotopic (exact) mass is 433 g/mol. The van der Waals surface area contributed by atoms with Crippen molar-refractivity contribution < 1.29 is 9.59 Å². The van der Waals surface area contributed by atoms with Crippen LogP contribution in [0.1, 0.15) is 55.2 Å². The number of benzene rings is 2. The minimum absolute atomic E-state index is 0.00948. The lowest BCUT2D eigenvalue weighted by atomic mass is 9.84. The molecule has 0 aromatic heterocycles. The van der Waals surface area contributed by atoms with E-state index in [4.69, 9.17) is 0 Å². The average molecular weight is 434 g/mol. The Labute approximate surface area is 191 Å². The minimum atomic E-state index is -0.292. The van der Waals surface area contributed by atoms with Crippen molar-refractivity contribution in [3.63, 3.8) is 0 Å². The Balaban J connectivity index is 1.61. The van der Waals surface area contributed by atoms with Crippen LogP contribution in [0.5, 0.6) is 0 Å². The highest BCUT2D eigenvalue weighted by Gasteiger charge is 2.44. The standard InChI is InChI=1S/C27H35N3O2/c1-20(31)30-18-24(22-11-9-10-21(16-22)17-29(2)3)25(19-30)26(32)28-27(14-7-8-15-27)23-12-5-4-6-13-23/h4-6,9-13,16,24-25H,7-8,14-15,17-19H2,1-3H3,(H,28,32)/t24-,25+/m1/s1. The molecule has 5 heteroatoms. The van der Waals surface area contributed by atoms with Crippen molar-refractivity contribution in [3.8, 4) is 0 Å². The SMILES string of the molecule is CC(=O)N1C[C@H](C(=O)NC2(c3ccccc3)CCCC2)[C@@H](c2cccc(CN(C)C)c2)C1. The van der Waals surface area contributed by atoms with E-state index in [9.17, 15) is 9.59 Å². The first kappa shape index (κ1) is 22.5. The van der Waals surface area contributed by atoms with Crippen LogP contribution in [0.2, 0.25) is 0 Å². The van der Waals surface area contributed by atoms with E-state index in [1.165, 1.54) is 11.1 Å². The fourth-order valence-corrected chi connectivity index (χ4v) is 5.50. The molecule has 1 saturated carbocycles. The highest BCUT2D eigenvalue weighted by atomic mass is 16.2. The van der Waals surface area contributed by atoms with Gasteiger partial charge in [-0.25, -0.2) is 0 Å². The summed E-state index contributed by atoms with van der Waals surface area (Å²) in [6, 6.07) is 18.9. The fourth-order valence-electron chi connectivity index (χ4n) is 5.50. The Bertz CT molecular complexity index is 950. The molecule has 0 unspecified atom stereocenters. The van der Waals surface area contributed by atoms with Crippen LogP contribution in [-0.2, 0) is 21.7 Å². The van der Waals surface area contributed by atoms with E-state index in [0.717, 1.165) is 37.8 Å². The van der Waals surface area contributed by atoms with E-state index >= 15 is 0 Å². The molecule has 1 heterocycles. The molecule has 0 bridgehead atoms. The van der Waals surface area contributed by atoms with Gasteiger partial charge in [-0.15, -0.1) is 0 Å². The van der Waals surface area contributed by atoms with Crippen molar-refractivity contribution in [2.75, 3.05) is 27.2 Å². The Hall–Kier alpha value is -2.66. The average Bonchev–Trinajstić information content (AvgIpc) is 3.42. The molecule has 2 aromatic carbocycles. The Morgan fingerprint density at radius 1 is 1.03 bits per heavy atom. The lowest BCUT2D eigenvalue weighted by Crippen LogP contribution is -2.47. The predicted molar refractivity (Wildman–Crippen MR) is 127 cm³/mol. The number of amides is 2. The Morgan fingerprint density at radius 2 is 1.75 bits per heavy atom. The number of rotatable bonds is 6. The van der Waals surface area contributed by atoms with Gasteiger partial charge in [0.25, 0.3) is 0 Å². The van der Waals surface area contributed by atoms with Gasteiger partial charge in [0, 0.05) is 32.5 Å². The summed E-state index contributed by atoms with van der Waals surface area (Å²) in [6.45, 7) is 3.53. The van der Waals surface area contributed by atoms with Crippen molar-refractivity contribution in [2.45, 2.75) is 50.6 Å². The molecule has 0 radical (unpaired) electrons. The van der Waals surface area contributed by atoms with E-state index in [2.05, 4.69) is 60.7 Å². The van der Waals surface area contributed by atoms with Gasteiger partial charge in [0.15, 0.2) is 0 Å². The molecule has 2 atom stereocenters. The van der Waals surface area contributed by atoms with Crippen LogP contribution in [0, 0.1) is 5.92 Å². The van der Waals surface area contributed by atoms with Crippen molar-refractivity contribution in [2.24, 2.45) is 5.92 Å². The summed E-state index contributed by atoms with van der Waals surface area (Å²) >= 11 is 0. The summed E-state index contributed by atoms with van der Waals surface area (Å²) in [5, 5.41) is 3.47. The summed E-state index contributed by atoms with van der Waals surface area (Å²) in [6.07, 6.45) is 4.18. The number of nitrogens with one attached hydrogen (secondary N) is 1. The second kappa shape index (κ2) is 9.45. The zero-order chi connectivity index (χ0) is 22.7. The van der Waals surface area contributed by atoms with Crippen LogP contribution in [0.25, 0.3) is 0 Å². The molecule has 4 rings (SSSR count). The number of carbonyl (C=O) groups is 2. The maximum absolute atomic E-state index is 13.7. The van der Waals surface area contributed by atoms with Gasteiger partial charge < -0.3 is 15.1 Å². The minimum Gasteiger partial charge on any atom is -0.346 e. The van der Waals surface area contributed by atoms with Gasteiger partial charge in [0.05, 0.1) is 11.5 Å². The maximum Gasteiger partial charge on any atom is 0.226 e. The molecule has 5 nitrogen and oxygen atoms in total. The summed E-state index contributed by atoms with van der Waals surface area (Å²) in [7, 11) is 4.11. The summed E-state index contributed by atoms with van der Waals surface area (Å²) in [4.78, 5) is 29.9. The van der Waals surface area contributed by atoms with Crippen molar-refractivity contribution in [1.82, 2.24) is 15.1 Å². The molecule has 0 spiro atoms. The fraction of sp³-hybridized carbons (Fsp3) is 0.481. The first-order valence-electron chi connectivity index (χ1n) is 11.7. The smallest absolute Gasteiger partial charge is 0.226 e. The third kappa shape index (κ3) is 4.73. The number of carbonyl (C=O) groups excluding carboxylic acids is 2. The summed E-state index contributed by atoms with van der Waals surface area (Å²) in [5.41, 5.74) is 3.27. The zero-order valence-corrected chi connectivity index (χ0v) is 19.5.